The molecule has 0 amide bonds. The molecular weight excluding hydrogens is 238 g/mol. The van der Waals surface area contributed by atoms with Crippen molar-refractivity contribution in [1.29, 1.82) is 0 Å². The summed E-state index contributed by atoms with van der Waals surface area (Å²) < 4.78 is 10.5. The van der Waals surface area contributed by atoms with Crippen molar-refractivity contribution >= 4 is 11.8 Å². The Balaban J connectivity index is 2.29. The van der Waals surface area contributed by atoms with Crippen molar-refractivity contribution in [3.63, 3.8) is 0 Å². The van der Waals surface area contributed by atoms with E-state index in [1.54, 1.807) is 14.0 Å². The molecule has 2 aromatic rings. The van der Waals surface area contributed by atoms with Crippen LogP contribution in [0.3, 0.4) is 0 Å². The molecule has 90 valence electrons. The number of hydrogen-bond acceptors (Lipinski definition) is 6. The number of ether oxygens (including phenoxy) is 1. The molecule has 0 bridgehead atoms. The first-order valence-electron chi connectivity index (χ1n) is 5.08. The van der Waals surface area contributed by atoms with Crippen LogP contribution in [0.5, 0.6) is 5.75 Å². The maximum atomic E-state index is 5.68. The summed E-state index contributed by atoms with van der Waals surface area (Å²) in [5.41, 5.74) is 6.70. The highest BCUT2D eigenvalue weighted by atomic mass is 32.2. The molecule has 5 nitrogen and oxygen atoms in total. The van der Waals surface area contributed by atoms with E-state index in [0.29, 0.717) is 17.7 Å². The highest BCUT2D eigenvalue weighted by Gasteiger charge is 2.09. The van der Waals surface area contributed by atoms with Gasteiger partial charge in [0.1, 0.15) is 5.75 Å². The van der Waals surface area contributed by atoms with Gasteiger partial charge >= 0.3 is 0 Å². The number of aromatic nitrogens is 2. The van der Waals surface area contributed by atoms with E-state index < -0.39 is 0 Å². The average molecular weight is 251 g/mol. The Kier molecular flexibility index (Phi) is 3.65. The summed E-state index contributed by atoms with van der Waals surface area (Å²) in [6, 6.07) is 5.72. The molecule has 0 aliphatic heterocycles. The molecule has 0 radical (unpaired) electrons. The zero-order valence-electron chi connectivity index (χ0n) is 9.64. The van der Waals surface area contributed by atoms with Gasteiger partial charge in [-0.2, -0.15) is 0 Å². The smallest absolute Gasteiger partial charge is 0.281 e. The fraction of sp³-hybridized carbons (Fsp3) is 0.273. The Morgan fingerprint density at radius 1 is 1.41 bits per heavy atom. The summed E-state index contributed by atoms with van der Waals surface area (Å²) in [4.78, 5) is 0.968. The highest BCUT2D eigenvalue weighted by Crippen LogP contribution is 2.32. The van der Waals surface area contributed by atoms with Crippen molar-refractivity contribution in [2.24, 2.45) is 5.73 Å². The van der Waals surface area contributed by atoms with E-state index in [1.807, 2.05) is 18.2 Å². The van der Waals surface area contributed by atoms with E-state index >= 15 is 0 Å². The number of hydrogen-bond donors (Lipinski definition) is 1. The molecule has 17 heavy (non-hydrogen) atoms. The lowest BCUT2D eigenvalue weighted by Gasteiger charge is -2.07. The van der Waals surface area contributed by atoms with Gasteiger partial charge in [-0.15, -0.1) is 10.2 Å². The first kappa shape index (κ1) is 11.9. The highest BCUT2D eigenvalue weighted by molar-refractivity contribution is 7.99. The van der Waals surface area contributed by atoms with Crippen LogP contribution in [0.25, 0.3) is 0 Å². The predicted molar refractivity (Wildman–Crippen MR) is 64.0 cm³/mol. The van der Waals surface area contributed by atoms with Gasteiger partial charge < -0.3 is 14.9 Å². The van der Waals surface area contributed by atoms with Gasteiger partial charge in [0.05, 0.1) is 7.11 Å². The third-order valence-corrected chi connectivity index (χ3v) is 3.14. The van der Waals surface area contributed by atoms with E-state index in [4.69, 9.17) is 14.9 Å². The summed E-state index contributed by atoms with van der Waals surface area (Å²) >= 11 is 1.39. The minimum absolute atomic E-state index is 0.458. The first-order chi connectivity index (χ1) is 8.22. The van der Waals surface area contributed by atoms with Gasteiger partial charge in [0.15, 0.2) is 0 Å². The van der Waals surface area contributed by atoms with Crippen LogP contribution >= 0.6 is 11.8 Å². The van der Waals surface area contributed by atoms with E-state index in [-0.39, 0.29) is 0 Å². The van der Waals surface area contributed by atoms with Gasteiger partial charge in [-0.3, -0.25) is 0 Å². The first-order valence-corrected chi connectivity index (χ1v) is 5.89. The molecule has 0 saturated heterocycles. The Labute approximate surface area is 103 Å². The van der Waals surface area contributed by atoms with Crippen LogP contribution in [0.4, 0.5) is 0 Å². The third kappa shape index (κ3) is 2.78. The second kappa shape index (κ2) is 5.20. The SMILES string of the molecule is COc1ccc(CN)c(Sc2nnc(C)o2)c1. The minimum Gasteiger partial charge on any atom is -0.497 e. The molecule has 2 rings (SSSR count). The molecule has 0 unspecified atom stereocenters. The predicted octanol–water partition coefficient (Wildman–Crippen LogP) is 2.00. The normalized spacial score (nSPS) is 10.5. The summed E-state index contributed by atoms with van der Waals surface area (Å²) in [6.45, 7) is 2.21. The van der Waals surface area contributed by atoms with E-state index in [2.05, 4.69) is 10.2 Å². The minimum atomic E-state index is 0.458. The van der Waals surface area contributed by atoms with Crippen LogP contribution in [0.2, 0.25) is 0 Å². The molecule has 0 saturated carbocycles. The number of benzene rings is 1. The topological polar surface area (TPSA) is 74.2 Å². The summed E-state index contributed by atoms with van der Waals surface area (Å²) in [6.07, 6.45) is 0. The van der Waals surface area contributed by atoms with Crippen molar-refractivity contribution < 1.29 is 9.15 Å². The van der Waals surface area contributed by atoms with Gasteiger partial charge in [-0.1, -0.05) is 6.07 Å². The standard InChI is InChI=1S/C11H13N3O2S/c1-7-13-14-11(16-7)17-10-5-9(15-2)4-3-8(10)6-12/h3-5H,6,12H2,1-2H3. The molecule has 1 heterocycles. The van der Waals surface area contributed by atoms with E-state index in [1.165, 1.54) is 11.8 Å². The van der Waals surface area contributed by atoms with Gasteiger partial charge in [-0.05, 0) is 29.5 Å². The molecule has 0 aliphatic carbocycles. The largest absolute Gasteiger partial charge is 0.497 e. The molecule has 6 heteroatoms. The lowest BCUT2D eigenvalue weighted by atomic mass is 10.2. The Bertz CT molecular complexity index is 513. The van der Waals surface area contributed by atoms with Crippen LogP contribution < -0.4 is 10.5 Å². The fourth-order valence-electron chi connectivity index (χ4n) is 1.34. The number of rotatable bonds is 4. The Hall–Kier alpha value is -1.53. The number of aryl methyl sites for hydroxylation is 1. The lowest BCUT2D eigenvalue weighted by Crippen LogP contribution is -1.98. The molecule has 0 fully saturated rings. The van der Waals surface area contributed by atoms with Gasteiger partial charge in [0.25, 0.3) is 5.22 Å². The maximum Gasteiger partial charge on any atom is 0.281 e. The van der Waals surface area contributed by atoms with Gasteiger partial charge in [0, 0.05) is 18.4 Å². The van der Waals surface area contributed by atoms with Crippen molar-refractivity contribution in [2.75, 3.05) is 7.11 Å². The molecule has 0 atom stereocenters. The Morgan fingerprint density at radius 2 is 2.24 bits per heavy atom. The van der Waals surface area contributed by atoms with Crippen LogP contribution in [0.15, 0.2) is 32.7 Å². The number of methoxy groups -OCH3 is 1. The summed E-state index contributed by atoms with van der Waals surface area (Å²) in [7, 11) is 1.63. The van der Waals surface area contributed by atoms with Crippen LogP contribution in [-0.2, 0) is 6.54 Å². The van der Waals surface area contributed by atoms with Crippen LogP contribution in [0, 0.1) is 6.92 Å². The molecule has 0 aliphatic rings. The second-order valence-electron chi connectivity index (χ2n) is 3.37. The lowest BCUT2D eigenvalue weighted by molar-refractivity contribution is 0.413. The van der Waals surface area contributed by atoms with Crippen molar-refractivity contribution in [2.45, 2.75) is 23.6 Å². The van der Waals surface area contributed by atoms with Gasteiger partial charge in [0.2, 0.25) is 5.89 Å². The number of nitrogens with zero attached hydrogens (tertiary/aromatic N) is 2. The van der Waals surface area contributed by atoms with E-state index in [9.17, 15) is 0 Å². The summed E-state index contributed by atoms with van der Waals surface area (Å²) in [5, 5.41) is 8.22. The van der Waals surface area contributed by atoms with Crippen molar-refractivity contribution in [3.05, 3.63) is 29.7 Å². The van der Waals surface area contributed by atoms with Crippen molar-refractivity contribution in [3.8, 4) is 5.75 Å². The average Bonchev–Trinajstić information content (AvgIpc) is 2.74. The summed E-state index contributed by atoms with van der Waals surface area (Å²) in [5.74, 6) is 1.32. The third-order valence-electron chi connectivity index (χ3n) is 2.20. The fourth-order valence-corrected chi connectivity index (χ4v) is 2.23. The quantitative estimate of drug-likeness (QED) is 0.895. The van der Waals surface area contributed by atoms with Crippen LogP contribution in [-0.4, -0.2) is 17.3 Å². The van der Waals surface area contributed by atoms with E-state index in [0.717, 1.165) is 16.2 Å². The monoisotopic (exact) mass is 251 g/mol. The zero-order valence-corrected chi connectivity index (χ0v) is 10.5. The molecule has 1 aromatic heterocycles. The maximum absolute atomic E-state index is 5.68. The van der Waals surface area contributed by atoms with Crippen LogP contribution in [0.1, 0.15) is 11.5 Å². The molecule has 1 aromatic carbocycles. The second-order valence-corrected chi connectivity index (χ2v) is 4.36. The number of nitrogens with two attached hydrogens (primary N) is 1. The zero-order chi connectivity index (χ0) is 12.3. The van der Waals surface area contributed by atoms with Crippen molar-refractivity contribution in [1.82, 2.24) is 10.2 Å². The Morgan fingerprint density at radius 3 is 2.82 bits per heavy atom. The molecule has 2 N–H and O–H groups in total. The molecule has 0 spiro atoms. The van der Waals surface area contributed by atoms with Gasteiger partial charge in [-0.25, -0.2) is 0 Å². The molecular formula is C11H13N3O2S.